The number of nitrogens with zero attached hydrogens (tertiary/aromatic N) is 2. The first kappa shape index (κ1) is 18.0. The summed E-state index contributed by atoms with van der Waals surface area (Å²) in [4.78, 5) is 31.3. The fourth-order valence-electron chi connectivity index (χ4n) is 3.40. The van der Waals surface area contributed by atoms with Gasteiger partial charge in [-0.05, 0) is 17.7 Å². The van der Waals surface area contributed by atoms with Crippen LogP contribution in [0, 0.1) is 0 Å². The second-order valence-corrected chi connectivity index (χ2v) is 6.65. The van der Waals surface area contributed by atoms with Gasteiger partial charge >= 0.3 is 5.97 Å². The summed E-state index contributed by atoms with van der Waals surface area (Å²) in [6, 6.07) is 16.7. The average molecular weight is 376 g/mol. The molecule has 142 valence electrons. The Labute approximate surface area is 162 Å². The number of aromatic nitrogens is 1. The number of esters is 1. The van der Waals surface area contributed by atoms with E-state index in [1.54, 1.807) is 29.2 Å². The monoisotopic (exact) mass is 376 g/mol. The molecular formula is C22H20N2O4. The molecule has 3 aromatic rings. The fraction of sp³-hybridized carbons (Fsp3) is 0.227. The minimum atomic E-state index is -0.520. The van der Waals surface area contributed by atoms with E-state index in [9.17, 15) is 9.59 Å². The standard InChI is InChI=1S/C22H20N2O4/c1-27-22(26)17-10-6-5-9-16(17)21(25)24-12-11-19-18(14-24)23-20(28-19)13-15-7-3-2-4-8-15/h2-10H,11-14H2,1H3. The Bertz CT molecular complexity index is 1010. The van der Waals surface area contributed by atoms with Crippen LogP contribution >= 0.6 is 0 Å². The molecule has 28 heavy (non-hydrogen) atoms. The van der Waals surface area contributed by atoms with Gasteiger partial charge in [-0.15, -0.1) is 0 Å². The number of carbonyl (C=O) groups is 2. The molecule has 0 unspecified atom stereocenters. The van der Waals surface area contributed by atoms with Crippen LogP contribution in [0.3, 0.4) is 0 Å². The van der Waals surface area contributed by atoms with Crippen molar-refractivity contribution in [3.05, 3.63) is 88.6 Å². The zero-order chi connectivity index (χ0) is 19.5. The Kier molecular flexibility index (Phi) is 4.93. The van der Waals surface area contributed by atoms with Crippen molar-refractivity contribution in [1.29, 1.82) is 0 Å². The summed E-state index contributed by atoms with van der Waals surface area (Å²) in [5, 5.41) is 0. The number of methoxy groups -OCH3 is 1. The molecule has 2 heterocycles. The molecule has 0 aliphatic carbocycles. The first-order chi connectivity index (χ1) is 13.7. The van der Waals surface area contributed by atoms with Gasteiger partial charge in [0.05, 0.1) is 24.8 Å². The van der Waals surface area contributed by atoms with Crippen LogP contribution in [0.1, 0.15) is 43.6 Å². The second-order valence-electron chi connectivity index (χ2n) is 6.65. The number of amides is 1. The number of ether oxygens (including phenoxy) is 1. The van der Waals surface area contributed by atoms with Crippen LogP contribution in [0.25, 0.3) is 0 Å². The molecule has 1 aliphatic rings. The van der Waals surface area contributed by atoms with Crippen molar-refractivity contribution in [2.45, 2.75) is 19.4 Å². The molecule has 1 aromatic heterocycles. The van der Waals surface area contributed by atoms with Crippen LogP contribution in [0.5, 0.6) is 0 Å². The van der Waals surface area contributed by atoms with Gasteiger partial charge in [-0.25, -0.2) is 9.78 Å². The molecule has 0 fully saturated rings. The van der Waals surface area contributed by atoms with Gasteiger partial charge in [-0.3, -0.25) is 4.79 Å². The van der Waals surface area contributed by atoms with Gasteiger partial charge in [-0.1, -0.05) is 42.5 Å². The van der Waals surface area contributed by atoms with Gasteiger partial charge in [-0.2, -0.15) is 0 Å². The van der Waals surface area contributed by atoms with Crippen LogP contribution < -0.4 is 0 Å². The van der Waals surface area contributed by atoms with Crippen molar-refractivity contribution in [3.63, 3.8) is 0 Å². The quantitative estimate of drug-likeness (QED) is 0.654. The molecule has 1 aliphatic heterocycles. The lowest BCUT2D eigenvalue weighted by atomic mass is 10.0. The van der Waals surface area contributed by atoms with E-state index >= 15 is 0 Å². The number of fused-ring (bicyclic) bond motifs is 1. The predicted octanol–water partition coefficient (Wildman–Crippen LogP) is 3.25. The molecule has 1 amide bonds. The zero-order valence-corrected chi connectivity index (χ0v) is 15.6. The third-order valence-electron chi connectivity index (χ3n) is 4.82. The lowest BCUT2D eigenvalue weighted by molar-refractivity contribution is 0.0588. The molecule has 0 bridgehead atoms. The Balaban J connectivity index is 1.53. The third-order valence-corrected chi connectivity index (χ3v) is 4.82. The minimum absolute atomic E-state index is 0.209. The summed E-state index contributed by atoms with van der Waals surface area (Å²) < 4.78 is 10.7. The van der Waals surface area contributed by atoms with E-state index < -0.39 is 5.97 Å². The lowest BCUT2D eigenvalue weighted by Gasteiger charge is -2.26. The highest BCUT2D eigenvalue weighted by Crippen LogP contribution is 2.23. The lowest BCUT2D eigenvalue weighted by Crippen LogP contribution is -2.36. The van der Waals surface area contributed by atoms with Gasteiger partial charge in [0.1, 0.15) is 11.5 Å². The van der Waals surface area contributed by atoms with Crippen LogP contribution in [0.4, 0.5) is 0 Å². The number of hydrogen-bond acceptors (Lipinski definition) is 5. The summed E-state index contributed by atoms with van der Waals surface area (Å²) >= 11 is 0. The maximum absolute atomic E-state index is 13.0. The van der Waals surface area contributed by atoms with Gasteiger partial charge < -0.3 is 14.1 Å². The number of hydrogen-bond donors (Lipinski definition) is 0. The minimum Gasteiger partial charge on any atom is -0.465 e. The van der Waals surface area contributed by atoms with Crippen LogP contribution in [0.15, 0.2) is 59.0 Å². The Morgan fingerprint density at radius 3 is 2.54 bits per heavy atom. The molecule has 0 saturated heterocycles. The van der Waals surface area contributed by atoms with Gasteiger partial charge in [0.25, 0.3) is 5.91 Å². The molecule has 4 rings (SSSR count). The maximum Gasteiger partial charge on any atom is 0.338 e. The SMILES string of the molecule is COC(=O)c1ccccc1C(=O)N1CCc2oc(Cc3ccccc3)nc2C1. The first-order valence-corrected chi connectivity index (χ1v) is 9.13. The largest absolute Gasteiger partial charge is 0.465 e. The molecule has 0 saturated carbocycles. The van der Waals surface area contributed by atoms with Gasteiger partial charge in [0.2, 0.25) is 0 Å². The van der Waals surface area contributed by atoms with Crippen molar-refractivity contribution in [1.82, 2.24) is 9.88 Å². The van der Waals surface area contributed by atoms with E-state index in [4.69, 9.17) is 9.15 Å². The average Bonchev–Trinajstić information content (AvgIpc) is 3.14. The van der Waals surface area contributed by atoms with Gasteiger partial charge in [0.15, 0.2) is 5.89 Å². The third kappa shape index (κ3) is 3.53. The summed E-state index contributed by atoms with van der Waals surface area (Å²) in [7, 11) is 1.31. The number of rotatable bonds is 4. The molecule has 0 atom stereocenters. The smallest absolute Gasteiger partial charge is 0.338 e. The summed E-state index contributed by atoms with van der Waals surface area (Å²) in [5.74, 6) is 0.754. The summed E-state index contributed by atoms with van der Waals surface area (Å²) in [6.45, 7) is 0.878. The molecule has 0 radical (unpaired) electrons. The molecular weight excluding hydrogens is 356 g/mol. The van der Waals surface area contributed by atoms with E-state index in [2.05, 4.69) is 4.98 Å². The van der Waals surface area contributed by atoms with Crippen LogP contribution in [-0.2, 0) is 24.1 Å². The second kappa shape index (κ2) is 7.68. The van der Waals surface area contributed by atoms with Crippen molar-refractivity contribution >= 4 is 11.9 Å². The molecule has 0 N–H and O–H groups in total. The Hall–Kier alpha value is -3.41. The highest BCUT2D eigenvalue weighted by molar-refractivity contribution is 6.05. The molecule has 6 heteroatoms. The highest BCUT2D eigenvalue weighted by atomic mass is 16.5. The number of oxazole rings is 1. The predicted molar refractivity (Wildman–Crippen MR) is 102 cm³/mol. The molecule has 6 nitrogen and oxygen atoms in total. The van der Waals surface area contributed by atoms with Crippen molar-refractivity contribution in [3.8, 4) is 0 Å². The van der Waals surface area contributed by atoms with E-state index in [-0.39, 0.29) is 11.5 Å². The summed E-state index contributed by atoms with van der Waals surface area (Å²) in [5.41, 5.74) is 2.51. The van der Waals surface area contributed by atoms with Crippen molar-refractivity contribution in [2.24, 2.45) is 0 Å². The molecule has 0 spiro atoms. The van der Waals surface area contributed by atoms with Gasteiger partial charge in [0, 0.05) is 19.4 Å². The number of benzene rings is 2. The van der Waals surface area contributed by atoms with E-state index in [1.165, 1.54) is 7.11 Å². The highest BCUT2D eigenvalue weighted by Gasteiger charge is 2.28. The maximum atomic E-state index is 13.0. The topological polar surface area (TPSA) is 72.6 Å². The van der Waals surface area contributed by atoms with E-state index in [0.29, 0.717) is 37.4 Å². The normalized spacial score (nSPS) is 13.1. The van der Waals surface area contributed by atoms with E-state index in [1.807, 2.05) is 30.3 Å². The summed E-state index contributed by atoms with van der Waals surface area (Å²) in [6.07, 6.45) is 1.22. The zero-order valence-electron chi connectivity index (χ0n) is 15.6. The fourth-order valence-corrected chi connectivity index (χ4v) is 3.40. The number of carbonyl (C=O) groups excluding carboxylic acids is 2. The van der Waals surface area contributed by atoms with Crippen LogP contribution in [-0.4, -0.2) is 35.4 Å². The van der Waals surface area contributed by atoms with Crippen molar-refractivity contribution < 1.29 is 18.7 Å². The Morgan fingerprint density at radius 1 is 1.07 bits per heavy atom. The van der Waals surface area contributed by atoms with Crippen LogP contribution in [0.2, 0.25) is 0 Å². The first-order valence-electron chi connectivity index (χ1n) is 9.13. The Morgan fingerprint density at radius 2 is 1.79 bits per heavy atom. The molecule has 2 aromatic carbocycles. The van der Waals surface area contributed by atoms with Crippen molar-refractivity contribution in [2.75, 3.05) is 13.7 Å². The van der Waals surface area contributed by atoms with E-state index in [0.717, 1.165) is 17.0 Å².